The van der Waals surface area contributed by atoms with E-state index in [2.05, 4.69) is 16.1 Å². The number of methoxy groups -OCH3 is 1. The Balaban J connectivity index is 1.55. The summed E-state index contributed by atoms with van der Waals surface area (Å²) in [7, 11) is 1.69. The van der Waals surface area contributed by atoms with Crippen LogP contribution in [0.1, 0.15) is 41.0 Å². The van der Waals surface area contributed by atoms with Gasteiger partial charge in [-0.2, -0.15) is 5.10 Å². The van der Waals surface area contributed by atoms with Crippen LogP contribution in [-0.2, 0) is 24.1 Å². The van der Waals surface area contributed by atoms with Gasteiger partial charge >= 0.3 is 0 Å². The van der Waals surface area contributed by atoms with E-state index in [1.165, 1.54) is 12.0 Å². The first-order valence-electron chi connectivity index (χ1n) is 9.25. The van der Waals surface area contributed by atoms with Crippen molar-refractivity contribution in [2.45, 2.75) is 50.8 Å². The van der Waals surface area contributed by atoms with E-state index >= 15 is 0 Å². The van der Waals surface area contributed by atoms with Crippen molar-refractivity contribution in [2.75, 3.05) is 19.4 Å². The number of hydrogen-bond donors (Lipinski definition) is 1. The molecule has 2 aliphatic rings. The Morgan fingerprint density at radius 2 is 2.15 bits per heavy atom. The predicted octanol–water partition coefficient (Wildman–Crippen LogP) is 1.67. The fraction of sp³-hybridized carbons (Fsp3) is 0.526. The molecule has 7 heteroatoms. The van der Waals surface area contributed by atoms with Crippen LogP contribution in [0.5, 0.6) is 0 Å². The molecule has 2 aromatic rings. The van der Waals surface area contributed by atoms with Crippen LogP contribution in [0.2, 0.25) is 0 Å². The molecular formula is C19H25N5O2. The fourth-order valence-electron chi connectivity index (χ4n) is 4.01. The van der Waals surface area contributed by atoms with Gasteiger partial charge in [0.05, 0.1) is 18.7 Å². The van der Waals surface area contributed by atoms with Crippen LogP contribution in [0, 0.1) is 0 Å². The second-order valence-corrected chi connectivity index (χ2v) is 7.18. The molecule has 138 valence electrons. The third-order valence-corrected chi connectivity index (χ3v) is 5.43. The highest BCUT2D eigenvalue weighted by Gasteiger charge is 2.36. The van der Waals surface area contributed by atoms with Crippen LogP contribution in [0.25, 0.3) is 0 Å². The van der Waals surface area contributed by atoms with Gasteiger partial charge in [-0.25, -0.2) is 4.98 Å². The third-order valence-electron chi connectivity index (χ3n) is 5.43. The lowest BCUT2D eigenvalue weighted by atomic mass is 9.96. The van der Waals surface area contributed by atoms with Gasteiger partial charge in [-0.3, -0.25) is 9.48 Å². The van der Waals surface area contributed by atoms with E-state index in [0.29, 0.717) is 24.6 Å². The van der Waals surface area contributed by atoms with Gasteiger partial charge < -0.3 is 15.4 Å². The quantitative estimate of drug-likeness (QED) is 0.901. The average molecular weight is 355 g/mol. The first kappa shape index (κ1) is 17.0. The number of aromatic nitrogens is 3. The van der Waals surface area contributed by atoms with Crippen LogP contribution in [0.15, 0.2) is 24.4 Å². The zero-order valence-electron chi connectivity index (χ0n) is 15.1. The summed E-state index contributed by atoms with van der Waals surface area (Å²) >= 11 is 0. The SMILES string of the molecule is CO[C@H]1C[C@@H](Cn2ccc(N)n2)N(C(=O)c2ccc3c(n2)CCCC3)C1. The summed E-state index contributed by atoms with van der Waals surface area (Å²) in [5.74, 6) is 0.462. The van der Waals surface area contributed by atoms with Crippen molar-refractivity contribution < 1.29 is 9.53 Å². The maximum Gasteiger partial charge on any atom is 0.272 e. The molecule has 2 atom stereocenters. The molecule has 1 aliphatic heterocycles. The van der Waals surface area contributed by atoms with Gasteiger partial charge in [0.2, 0.25) is 0 Å². The van der Waals surface area contributed by atoms with E-state index in [1.807, 2.05) is 17.2 Å². The second-order valence-electron chi connectivity index (χ2n) is 7.18. The molecule has 0 radical (unpaired) electrons. The first-order chi connectivity index (χ1) is 12.6. The Morgan fingerprint density at radius 1 is 1.31 bits per heavy atom. The van der Waals surface area contributed by atoms with Crippen molar-refractivity contribution in [3.05, 3.63) is 41.3 Å². The van der Waals surface area contributed by atoms with Gasteiger partial charge in [0.15, 0.2) is 0 Å². The maximum absolute atomic E-state index is 13.2. The minimum atomic E-state index is -0.0250. The number of likely N-dealkylation sites (tertiary alicyclic amines) is 1. The smallest absolute Gasteiger partial charge is 0.272 e. The molecule has 2 N–H and O–H groups in total. The standard InChI is InChI=1S/C19H25N5O2/c1-26-15-10-14(11-23-9-8-18(20)22-23)24(12-15)19(25)17-7-6-13-4-2-3-5-16(13)21-17/h6-9,14-15H,2-5,10-12H2,1H3,(H2,20,22)/t14-,15-/m0/s1. The molecule has 0 bridgehead atoms. The second kappa shape index (κ2) is 7.07. The van der Waals surface area contributed by atoms with E-state index in [9.17, 15) is 4.79 Å². The Bertz CT molecular complexity index is 803. The van der Waals surface area contributed by atoms with Crippen molar-refractivity contribution >= 4 is 11.7 Å². The molecule has 0 saturated carbocycles. The number of nitrogen functional groups attached to an aromatic ring is 1. The summed E-state index contributed by atoms with van der Waals surface area (Å²) in [6.07, 6.45) is 7.05. The molecule has 1 saturated heterocycles. The number of pyridine rings is 1. The molecule has 2 aromatic heterocycles. The van der Waals surface area contributed by atoms with Crippen molar-refractivity contribution in [1.29, 1.82) is 0 Å². The number of aryl methyl sites for hydroxylation is 2. The summed E-state index contributed by atoms with van der Waals surface area (Å²) < 4.78 is 7.31. The van der Waals surface area contributed by atoms with E-state index in [-0.39, 0.29) is 18.1 Å². The highest BCUT2D eigenvalue weighted by atomic mass is 16.5. The van der Waals surface area contributed by atoms with Gasteiger partial charge in [-0.05, 0) is 49.8 Å². The van der Waals surface area contributed by atoms with Crippen molar-refractivity contribution in [3.8, 4) is 0 Å². The summed E-state index contributed by atoms with van der Waals surface area (Å²) in [5.41, 5.74) is 8.61. The lowest BCUT2D eigenvalue weighted by Gasteiger charge is -2.25. The number of carbonyl (C=O) groups excluding carboxylic acids is 1. The number of rotatable bonds is 4. The molecule has 0 aromatic carbocycles. The van der Waals surface area contributed by atoms with Gasteiger partial charge in [-0.15, -0.1) is 0 Å². The number of nitrogens with zero attached hydrogens (tertiary/aromatic N) is 4. The summed E-state index contributed by atoms with van der Waals surface area (Å²) in [6.45, 7) is 1.18. The molecule has 4 rings (SSSR count). The minimum absolute atomic E-state index is 0.0181. The normalized spacial score (nSPS) is 22.4. The Morgan fingerprint density at radius 3 is 2.92 bits per heavy atom. The number of anilines is 1. The zero-order chi connectivity index (χ0) is 18.1. The molecule has 1 aliphatic carbocycles. The number of fused-ring (bicyclic) bond motifs is 1. The summed E-state index contributed by atoms with van der Waals surface area (Å²) in [6, 6.07) is 5.72. The molecule has 1 amide bonds. The van der Waals surface area contributed by atoms with E-state index in [1.54, 1.807) is 17.9 Å². The van der Waals surface area contributed by atoms with Crippen molar-refractivity contribution in [1.82, 2.24) is 19.7 Å². The van der Waals surface area contributed by atoms with Crippen LogP contribution >= 0.6 is 0 Å². The largest absolute Gasteiger partial charge is 0.382 e. The topological polar surface area (TPSA) is 86.3 Å². The van der Waals surface area contributed by atoms with Crippen LogP contribution < -0.4 is 5.73 Å². The Labute approximate surface area is 153 Å². The van der Waals surface area contributed by atoms with Gasteiger partial charge in [0, 0.05) is 25.5 Å². The number of nitrogens with two attached hydrogens (primary N) is 1. The number of amides is 1. The van der Waals surface area contributed by atoms with E-state index in [4.69, 9.17) is 10.5 Å². The van der Waals surface area contributed by atoms with Crippen molar-refractivity contribution in [2.24, 2.45) is 0 Å². The third kappa shape index (κ3) is 3.31. The van der Waals surface area contributed by atoms with Gasteiger partial charge in [0.25, 0.3) is 5.91 Å². The van der Waals surface area contributed by atoms with Crippen LogP contribution in [0.3, 0.4) is 0 Å². The molecule has 0 unspecified atom stereocenters. The number of ether oxygens (including phenoxy) is 1. The summed E-state index contributed by atoms with van der Waals surface area (Å²) in [4.78, 5) is 19.7. The highest BCUT2D eigenvalue weighted by Crippen LogP contribution is 2.25. The average Bonchev–Trinajstić information content (AvgIpc) is 3.27. The van der Waals surface area contributed by atoms with E-state index < -0.39 is 0 Å². The first-order valence-corrected chi connectivity index (χ1v) is 9.25. The Kier molecular flexibility index (Phi) is 4.63. The number of hydrogen-bond acceptors (Lipinski definition) is 5. The Hall–Kier alpha value is -2.41. The maximum atomic E-state index is 13.2. The minimum Gasteiger partial charge on any atom is -0.382 e. The summed E-state index contributed by atoms with van der Waals surface area (Å²) in [5, 5.41) is 4.25. The molecule has 7 nitrogen and oxygen atoms in total. The van der Waals surface area contributed by atoms with E-state index in [0.717, 1.165) is 31.4 Å². The monoisotopic (exact) mass is 355 g/mol. The molecule has 3 heterocycles. The van der Waals surface area contributed by atoms with Gasteiger partial charge in [-0.1, -0.05) is 6.07 Å². The lowest BCUT2D eigenvalue weighted by Crippen LogP contribution is -2.39. The highest BCUT2D eigenvalue weighted by molar-refractivity contribution is 5.93. The zero-order valence-corrected chi connectivity index (χ0v) is 15.1. The number of carbonyl (C=O) groups is 1. The lowest BCUT2D eigenvalue weighted by molar-refractivity contribution is 0.0673. The van der Waals surface area contributed by atoms with Crippen LogP contribution in [-0.4, -0.2) is 51.4 Å². The predicted molar refractivity (Wildman–Crippen MR) is 97.8 cm³/mol. The molecule has 26 heavy (non-hydrogen) atoms. The molecular weight excluding hydrogens is 330 g/mol. The molecule has 1 fully saturated rings. The van der Waals surface area contributed by atoms with Crippen LogP contribution in [0.4, 0.5) is 5.82 Å². The van der Waals surface area contributed by atoms with Crippen molar-refractivity contribution in [3.63, 3.8) is 0 Å². The fourth-order valence-corrected chi connectivity index (χ4v) is 4.01. The molecule has 0 spiro atoms. The van der Waals surface area contributed by atoms with Gasteiger partial charge in [0.1, 0.15) is 11.5 Å².